The molecule has 0 bridgehead atoms. The molecule has 0 fully saturated rings. The molecule has 0 aliphatic heterocycles. The number of carbonyl (C=O) groups excluding carboxylic acids is 1. The minimum atomic E-state index is -1.00. The van der Waals surface area contributed by atoms with E-state index < -0.39 is 9.39 Å². The van der Waals surface area contributed by atoms with Crippen molar-refractivity contribution >= 4 is 53.8 Å². The fraction of sp³-hybridized carbons (Fsp3) is 0.250. The lowest BCUT2D eigenvalue weighted by molar-refractivity contribution is -0.141. The van der Waals surface area contributed by atoms with E-state index in [-0.39, 0.29) is 4.83 Å². The second-order valence-electron chi connectivity index (χ2n) is 3.50. The van der Waals surface area contributed by atoms with Crippen LogP contribution in [-0.2, 0) is 9.53 Å². The largest absolute Gasteiger partial charge is 0.432 e. The molecule has 0 saturated carbocycles. The molecule has 0 saturated heterocycles. The molecule has 0 heterocycles. The van der Waals surface area contributed by atoms with Crippen LogP contribution >= 0.6 is 47.8 Å². The van der Waals surface area contributed by atoms with Gasteiger partial charge < -0.3 is 4.74 Å². The molecule has 0 aliphatic carbocycles. The van der Waals surface area contributed by atoms with Crippen LogP contribution in [0.4, 0.5) is 0 Å². The monoisotopic (exact) mass is 424 g/mol. The van der Waals surface area contributed by atoms with E-state index in [1.54, 1.807) is 6.92 Å². The highest BCUT2D eigenvalue weighted by molar-refractivity contribution is 9.26. The van der Waals surface area contributed by atoms with Crippen molar-refractivity contribution in [1.82, 2.24) is 0 Å². The van der Waals surface area contributed by atoms with Gasteiger partial charge in [0.1, 0.15) is 4.83 Å². The van der Waals surface area contributed by atoms with Gasteiger partial charge in [0, 0.05) is 5.57 Å². The zero-order valence-corrected chi connectivity index (χ0v) is 13.9. The van der Waals surface area contributed by atoms with Crippen molar-refractivity contribution in [2.45, 2.75) is 15.2 Å². The first-order chi connectivity index (χ1) is 7.84. The highest BCUT2D eigenvalue weighted by Crippen LogP contribution is 2.46. The van der Waals surface area contributed by atoms with Gasteiger partial charge in [-0.1, -0.05) is 52.8 Å². The van der Waals surface area contributed by atoms with Crippen LogP contribution in [0.2, 0.25) is 0 Å². The third-order valence-corrected chi connectivity index (χ3v) is 5.61. The smallest absolute Gasteiger partial charge is 0.335 e. The third-order valence-electron chi connectivity index (χ3n) is 1.96. The second-order valence-corrected chi connectivity index (χ2v) is 7.84. The molecule has 0 amide bonds. The van der Waals surface area contributed by atoms with Gasteiger partial charge in [0.15, 0.2) is 0 Å². The normalized spacial score (nSPS) is 12.9. The quantitative estimate of drug-likeness (QED) is 0.397. The van der Waals surface area contributed by atoms with Crippen LogP contribution in [0.25, 0.3) is 0 Å². The second kappa shape index (κ2) is 6.16. The molecule has 5 heteroatoms. The summed E-state index contributed by atoms with van der Waals surface area (Å²) in [6, 6.07) is 9.63. The average Bonchev–Trinajstić information content (AvgIpc) is 2.28. The molecule has 0 N–H and O–H groups in total. The van der Waals surface area contributed by atoms with Gasteiger partial charge in [-0.15, -0.1) is 0 Å². The molecule has 0 radical (unpaired) electrons. The zero-order valence-electron chi connectivity index (χ0n) is 9.12. The molecule has 1 aromatic rings. The first-order valence-corrected chi connectivity index (χ1v) is 7.30. The van der Waals surface area contributed by atoms with Gasteiger partial charge >= 0.3 is 5.97 Å². The first kappa shape index (κ1) is 14.9. The van der Waals surface area contributed by atoms with E-state index in [4.69, 9.17) is 4.74 Å². The van der Waals surface area contributed by atoms with Crippen molar-refractivity contribution in [2.24, 2.45) is 0 Å². The summed E-state index contributed by atoms with van der Waals surface area (Å²) in [5, 5.41) is 0. The molecule has 1 aromatic carbocycles. The number of alkyl halides is 3. The van der Waals surface area contributed by atoms with Gasteiger partial charge in [-0.2, -0.15) is 0 Å². The lowest BCUT2D eigenvalue weighted by Crippen LogP contribution is -2.26. The van der Waals surface area contributed by atoms with Crippen LogP contribution in [0.15, 0.2) is 42.5 Å². The Balaban J connectivity index is 2.83. The zero-order chi connectivity index (χ0) is 13.1. The SMILES string of the molecule is C=C(C)C(=O)OC(Br)(Br)C(Br)c1ccccc1. The summed E-state index contributed by atoms with van der Waals surface area (Å²) in [5.41, 5.74) is 1.33. The van der Waals surface area contributed by atoms with E-state index in [0.717, 1.165) is 5.56 Å². The molecule has 2 nitrogen and oxygen atoms in total. The summed E-state index contributed by atoms with van der Waals surface area (Å²) in [6.45, 7) is 5.14. The Morgan fingerprint density at radius 1 is 1.35 bits per heavy atom. The number of benzene rings is 1. The summed E-state index contributed by atoms with van der Waals surface area (Å²) >= 11 is 10.2. The number of carbonyl (C=O) groups is 1. The first-order valence-electron chi connectivity index (χ1n) is 4.80. The minimum absolute atomic E-state index is 0.223. The van der Waals surface area contributed by atoms with Gasteiger partial charge in [-0.25, -0.2) is 4.79 Å². The van der Waals surface area contributed by atoms with Gasteiger partial charge in [0.05, 0.1) is 0 Å². The molecule has 0 aromatic heterocycles. The number of ether oxygens (including phenoxy) is 1. The van der Waals surface area contributed by atoms with E-state index in [1.807, 2.05) is 30.3 Å². The third kappa shape index (κ3) is 4.23. The van der Waals surface area contributed by atoms with Crippen LogP contribution in [0.1, 0.15) is 17.3 Å². The van der Waals surface area contributed by atoms with Crippen LogP contribution in [-0.4, -0.2) is 9.39 Å². The fourth-order valence-electron chi connectivity index (χ4n) is 1.08. The molecule has 0 spiro atoms. The fourth-order valence-corrected chi connectivity index (χ4v) is 2.30. The highest BCUT2D eigenvalue weighted by Gasteiger charge is 2.37. The van der Waals surface area contributed by atoms with Crippen LogP contribution in [0, 0.1) is 0 Å². The average molecular weight is 427 g/mol. The molecule has 92 valence electrons. The van der Waals surface area contributed by atoms with E-state index in [9.17, 15) is 4.79 Å². The van der Waals surface area contributed by atoms with E-state index in [1.165, 1.54) is 0 Å². The molecule has 1 atom stereocenters. The van der Waals surface area contributed by atoms with Gasteiger partial charge in [-0.05, 0) is 44.3 Å². The summed E-state index contributed by atoms with van der Waals surface area (Å²) in [4.78, 5) is 11.3. The lowest BCUT2D eigenvalue weighted by Gasteiger charge is -2.26. The lowest BCUT2D eigenvalue weighted by atomic mass is 10.2. The van der Waals surface area contributed by atoms with Crippen LogP contribution in [0.3, 0.4) is 0 Å². The maximum Gasteiger partial charge on any atom is 0.335 e. The maximum atomic E-state index is 11.5. The maximum absolute atomic E-state index is 11.5. The Morgan fingerprint density at radius 3 is 2.35 bits per heavy atom. The standard InChI is InChI=1S/C12H11Br3O2/c1-8(2)11(16)17-12(14,15)10(13)9-6-4-3-5-7-9/h3-7,10H,1H2,2H3. The van der Waals surface area contributed by atoms with Crippen molar-refractivity contribution < 1.29 is 9.53 Å². The van der Waals surface area contributed by atoms with Crippen molar-refractivity contribution in [3.8, 4) is 0 Å². The summed E-state index contributed by atoms with van der Waals surface area (Å²) in [5.74, 6) is -0.459. The molecule has 1 unspecified atom stereocenters. The Morgan fingerprint density at radius 2 is 1.88 bits per heavy atom. The topological polar surface area (TPSA) is 26.3 Å². The number of hydrogen-bond acceptors (Lipinski definition) is 2. The predicted octanol–water partition coefficient (Wildman–Crippen LogP) is 4.69. The van der Waals surface area contributed by atoms with Gasteiger partial charge in [0.25, 0.3) is 0 Å². The summed E-state index contributed by atoms with van der Waals surface area (Å²) in [7, 11) is 0. The van der Waals surface area contributed by atoms with Crippen molar-refractivity contribution in [1.29, 1.82) is 0 Å². The summed E-state index contributed by atoms with van der Waals surface area (Å²) < 4.78 is 4.26. The molecular formula is C12H11Br3O2. The van der Waals surface area contributed by atoms with E-state index in [0.29, 0.717) is 5.57 Å². The van der Waals surface area contributed by atoms with Gasteiger partial charge in [0.2, 0.25) is 3.42 Å². The Bertz CT molecular complexity index is 415. The predicted molar refractivity (Wildman–Crippen MR) is 79.6 cm³/mol. The Kier molecular flexibility index (Phi) is 5.41. The highest BCUT2D eigenvalue weighted by atomic mass is 79.9. The molecule has 0 aliphatic rings. The number of esters is 1. The number of rotatable bonds is 4. The minimum Gasteiger partial charge on any atom is -0.432 e. The van der Waals surface area contributed by atoms with E-state index in [2.05, 4.69) is 54.4 Å². The van der Waals surface area contributed by atoms with Crippen molar-refractivity contribution in [3.63, 3.8) is 0 Å². The van der Waals surface area contributed by atoms with E-state index >= 15 is 0 Å². The number of hydrogen-bond donors (Lipinski definition) is 0. The molecule has 17 heavy (non-hydrogen) atoms. The summed E-state index contributed by atoms with van der Waals surface area (Å²) in [6.07, 6.45) is 0. The molecular weight excluding hydrogens is 416 g/mol. The van der Waals surface area contributed by atoms with Crippen LogP contribution < -0.4 is 0 Å². The molecule has 1 rings (SSSR count). The van der Waals surface area contributed by atoms with Crippen molar-refractivity contribution in [3.05, 3.63) is 48.0 Å². The van der Waals surface area contributed by atoms with Crippen molar-refractivity contribution in [2.75, 3.05) is 0 Å². The Labute approximate surface area is 126 Å². The van der Waals surface area contributed by atoms with Gasteiger partial charge in [-0.3, -0.25) is 0 Å². The van der Waals surface area contributed by atoms with Crippen LogP contribution in [0.5, 0.6) is 0 Å². The number of halogens is 3. The Hall–Kier alpha value is -0.130.